The number of carbonyl (C=O) groups is 2. The molecule has 0 spiro atoms. The summed E-state index contributed by atoms with van der Waals surface area (Å²) in [4.78, 5) is 22.5. The van der Waals surface area contributed by atoms with Crippen molar-refractivity contribution < 1.29 is 19.4 Å². The molecule has 0 atom stereocenters. The van der Waals surface area contributed by atoms with Gasteiger partial charge in [-0.1, -0.05) is 6.42 Å². The second kappa shape index (κ2) is 5.92. The number of ether oxygens (including phenoxy) is 1. The summed E-state index contributed by atoms with van der Waals surface area (Å²) in [5, 5.41) is 11.3. The predicted octanol–water partition coefficient (Wildman–Crippen LogP) is 1.22. The van der Waals surface area contributed by atoms with Crippen LogP contribution in [0.2, 0.25) is 0 Å². The highest BCUT2D eigenvalue weighted by atomic mass is 16.5. The maximum atomic E-state index is 12.1. The molecule has 1 aliphatic carbocycles. The van der Waals surface area contributed by atoms with E-state index in [4.69, 9.17) is 15.6 Å². The minimum Gasteiger partial charge on any atom is -0.482 e. The second-order valence-corrected chi connectivity index (χ2v) is 5.00. The van der Waals surface area contributed by atoms with Crippen molar-refractivity contribution in [1.82, 2.24) is 0 Å². The number of hydrogen-bond donors (Lipinski definition) is 3. The van der Waals surface area contributed by atoms with Crippen LogP contribution in [0.1, 0.15) is 19.3 Å². The number of aliphatic carboxylic acids is 1. The molecule has 1 saturated carbocycles. The summed E-state index contributed by atoms with van der Waals surface area (Å²) in [6.45, 7) is -0.0272. The van der Waals surface area contributed by atoms with Crippen LogP contribution in [0.3, 0.4) is 0 Å². The Kier molecular flexibility index (Phi) is 4.24. The van der Waals surface area contributed by atoms with Crippen LogP contribution in [0.25, 0.3) is 0 Å². The number of carboxylic acids is 1. The molecular weight excluding hydrogens is 260 g/mol. The normalized spacial score (nSPS) is 16.1. The SMILES string of the molecule is NCC1(C(=O)Nc2ccc(OCC(=O)O)cc2)CCC1. The van der Waals surface area contributed by atoms with Gasteiger partial charge in [0.05, 0.1) is 5.41 Å². The third-order valence-corrected chi connectivity index (χ3v) is 3.66. The average molecular weight is 278 g/mol. The van der Waals surface area contributed by atoms with Gasteiger partial charge in [-0.05, 0) is 37.1 Å². The van der Waals surface area contributed by atoms with Crippen LogP contribution in [0, 0.1) is 5.41 Å². The highest BCUT2D eigenvalue weighted by Gasteiger charge is 2.42. The second-order valence-electron chi connectivity index (χ2n) is 5.00. The van der Waals surface area contributed by atoms with Gasteiger partial charge in [0.15, 0.2) is 6.61 Å². The molecule has 0 radical (unpaired) electrons. The van der Waals surface area contributed by atoms with Gasteiger partial charge >= 0.3 is 5.97 Å². The maximum absolute atomic E-state index is 12.1. The fraction of sp³-hybridized carbons (Fsp3) is 0.429. The molecule has 6 heteroatoms. The molecule has 0 aliphatic heterocycles. The van der Waals surface area contributed by atoms with Crippen molar-refractivity contribution in [2.75, 3.05) is 18.5 Å². The van der Waals surface area contributed by atoms with E-state index in [2.05, 4.69) is 5.32 Å². The molecule has 6 nitrogen and oxygen atoms in total. The van der Waals surface area contributed by atoms with Crippen molar-refractivity contribution >= 4 is 17.6 Å². The number of nitrogens with two attached hydrogens (primary N) is 1. The number of carboxylic acid groups (broad SMARTS) is 1. The summed E-state index contributed by atoms with van der Waals surface area (Å²) in [6.07, 6.45) is 2.69. The lowest BCUT2D eigenvalue weighted by molar-refractivity contribution is -0.139. The summed E-state index contributed by atoms with van der Waals surface area (Å²) in [6, 6.07) is 6.60. The quantitative estimate of drug-likeness (QED) is 0.726. The Morgan fingerprint density at radius 2 is 1.95 bits per heavy atom. The first-order valence-electron chi connectivity index (χ1n) is 6.52. The van der Waals surface area contributed by atoms with Crippen LogP contribution in [-0.4, -0.2) is 30.1 Å². The monoisotopic (exact) mass is 278 g/mol. The standard InChI is InChI=1S/C14H18N2O4/c15-9-14(6-1-7-14)13(19)16-10-2-4-11(5-3-10)20-8-12(17)18/h2-5H,1,6-9,15H2,(H,16,19)(H,17,18). The van der Waals surface area contributed by atoms with Gasteiger partial charge in [-0.2, -0.15) is 0 Å². The Morgan fingerprint density at radius 3 is 2.40 bits per heavy atom. The fourth-order valence-electron chi connectivity index (χ4n) is 2.17. The van der Waals surface area contributed by atoms with Gasteiger partial charge in [0.2, 0.25) is 5.91 Å². The van der Waals surface area contributed by atoms with Crippen LogP contribution in [-0.2, 0) is 9.59 Å². The topological polar surface area (TPSA) is 102 Å². The minimum absolute atomic E-state index is 0.0505. The molecule has 1 aromatic rings. The summed E-state index contributed by atoms with van der Waals surface area (Å²) in [5.41, 5.74) is 5.91. The van der Waals surface area contributed by atoms with Gasteiger partial charge in [0, 0.05) is 12.2 Å². The van der Waals surface area contributed by atoms with Crippen LogP contribution in [0.5, 0.6) is 5.75 Å². The van der Waals surface area contributed by atoms with E-state index in [0.717, 1.165) is 19.3 Å². The van der Waals surface area contributed by atoms with Crippen molar-refractivity contribution in [2.45, 2.75) is 19.3 Å². The lowest BCUT2D eigenvalue weighted by Crippen LogP contribution is -2.47. The first kappa shape index (κ1) is 14.3. The summed E-state index contributed by atoms with van der Waals surface area (Å²) in [7, 11) is 0. The summed E-state index contributed by atoms with van der Waals surface area (Å²) < 4.78 is 5.02. The number of carbonyl (C=O) groups excluding carboxylic acids is 1. The van der Waals surface area contributed by atoms with Crippen LogP contribution in [0.4, 0.5) is 5.69 Å². The number of nitrogens with one attached hydrogen (secondary N) is 1. The molecule has 0 heterocycles. The Morgan fingerprint density at radius 1 is 1.30 bits per heavy atom. The molecule has 0 unspecified atom stereocenters. The number of hydrogen-bond acceptors (Lipinski definition) is 4. The number of benzene rings is 1. The first-order chi connectivity index (χ1) is 9.55. The van der Waals surface area contributed by atoms with E-state index in [9.17, 15) is 9.59 Å². The molecule has 1 aliphatic rings. The first-order valence-corrected chi connectivity index (χ1v) is 6.52. The highest BCUT2D eigenvalue weighted by molar-refractivity contribution is 5.96. The van der Waals surface area contributed by atoms with E-state index in [1.165, 1.54) is 0 Å². The summed E-state index contributed by atoms with van der Waals surface area (Å²) >= 11 is 0. The van der Waals surface area contributed by atoms with Crippen molar-refractivity contribution in [3.8, 4) is 5.75 Å². The largest absolute Gasteiger partial charge is 0.482 e. The Hall–Kier alpha value is -2.08. The van der Waals surface area contributed by atoms with E-state index < -0.39 is 11.4 Å². The zero-order valence-electron chi connectivity index (χ0n) is 11.1. The molecule has 2 rings (SSSR count). The molecule has 0 aromatic heterocycles. The van der Waals surface area contributed by atoms with E-state index in [1.54, 1.807) is 24.3 Å². The Bertz CT molecular complexity index is 489. The Balaban J connectivity index is 1.93. The molecule has 0 bridgehead atoms. The molecule has 4 N–H and O–H groups in total. The highest BCUT2D eigenvalue weighted by Crippen LogP contribution is 2.40. The van der Waals surface area contributed by atoms with Gasteiger partial charge in [-0.3, -0.25) is 4.79 Å². The Labute approximate surface area is 116 Å². The van der Waals surface area contributed by atoms with Crippen molar-refractivity contribution in [3.63, 3.8) is 0 Å². The average Bonchev–Trinajstić information content (AvgIpc) is 2.37. The van der Waals surface area contributed by atoms with Gasteiger partial charge in [0.25, 0.3) is 0 Å². The van der Waals surface area contributed by atoms with Gasteiger partial charge < -0.3 is 20.9 Å². The van der Waals surface area contributed by atoms with Crippen molar-refractivity contribution in [2.24, 2.45) is 11.1 Å². The number of anilines is 1. The predicted molar refractivity (Wildman–Crippen MR) is 73.5 cm³/mol. The lowest BCUT2D eigenvalue weighted by atomic mass is 9.68. The smallest absolute Gasteiger partial charge is 0.341 e. The zero-order chi connectivity index (χ0) is 14.6. The van der Waals surface area contributed by atoms with E-state index >= 15 is 0 Å². The number of amides is 1. The minimum atomic E-state index is -1.03. The zero-order valence-corrected chi connectivity index (χ0v) is 11.1. The molecule has 108 valence electrons. The molecular formula is C14H18N2O4. The van der Waals surface area contributed by atoms with Gasteiger partial charge in [-0.15, -0.1) is 0 Å². The summed E-state index contributed by atoms with van der Waals surface area (Å²) in [5.74, 6) is -0.634. The molecule has 1 fully saturated rings. The van der Waals surface area contributed by atoms with Crippen molar-refractivity contribution in [1.29, 1.82) is 0 Å². The van der Waals surface area contributed by atoms with Crippen LogP contribution < -0.4 is 15.8 Å². The molecule has 0 saturated heterocycles. The van der Waals surface area contributed by atoms with Crippen molar-refractivity contribution in [3.05, 3.63) is 24.3 Å². The van der Waals surface area contributed by atoms with E-state index in [1.807, 2.05) is 0 Å². The molecule has 1 amide bonds. The maximum Gasteiger partial charge on any atom is 0.341 e. The molecule has 20 heavy (non-hydrogen) atoms. The third kappa shape index (κ3) is 3.08. The van der Waals surface area contributed by atoms with E-state index in [0.29, 0.717) is 18.0 Å². The fourth-order valence-corrected chi connectivity index (χ4v) is 2.17. The molecule has 1 aromatic carbocycles. The van der Waals surface area contributed by atoms with Crippen LogP contribution >= 0.6 is 0 Å². The lowest BCUT2D eigenvalue weighted by Gasteiger charge is -2.39. The third-order valence-electron chi connectivity index (χ3n) is 3.66. The van der Waals surface area contributed by atoms with Gasteiger partial charge in [-0.25, -0.2) is 4.79 Å². The van der Waals surface area contributed by atoms with E-state index in [-0.39, 0.29) is 12.5 Å². The van der Waals surface area contributed by atoms with Gasteiger partial charge in [0.1, 0.15) is 5.75 Å². The van der Waals surface area contributed by atoms with Crippen LogP contribution in [0.15, 0.2) is 24.3 Å². The number of rotatable bonds is 6.